The molecule has 1 N–H and O–H groups in total. The van der Waals surface area contributed by atoms with Crippen LogP contribution < -0.4 is 5.32 Å². The Hall–Kier alpha value is -1.26. The molecule has 20 heavy (non-hydrogen) atoms. The van der Waals surface area contributed by atoms with E-state index < -0.39 is 0 Å². The van der Waals surface area contributed by atoms with Gasteiger partial charge in [0, 0.05) is 24.0 Å². The Labute approximate surface area is 127 Å². The van der Waals surface area contributed by atoms with E-state index in [1.54, 1.807) is 12.1 Å². The van der Waals surface area contributed by atoms with Gasteiger partial charge in [-0.05, 0) is 31.0 Å². The maximum Gasteiger partial charge on any atom is 0.253 e. The van der Waals surface area contributed by atoms with Crippen LogP contribution in [-0.2, 0) is 4.79 Å². The molecule has 4 nitrogen and oxygen atoms in total. The van der Waals surface area contributed by atoms with Gasteiger partial charge < -0.3 is 10.2 Å². The van der Waals surface area contributed by atoms with Crippen LogP contribution in [0.2, 0.25) is 10.0 Å². The second-order valence-corrected chi connectivity index (χ2v) is 6.12. The van der Waals surface area contributed by atoms with E-state index in [0.29, 0.717) is 34.6 Å². The van der Waals surface area contributed by atoms with Crippen molar-refractivity contribution in [2.45, 2.75) is 31.3 Å². The van der Waals surface area contributed by atoms with Crippen LogP contribution in [0.25, 0.3) is 0 Å². The van der Waals surface area contributed by atoms with Gasteiger partial charge in [0.25, 0.3) is 5.91 Å². The van der Waals surface area contributed by atoms with Gasteiger partial charge in [-0.2, -0.15) is 0 Å². The van der Waals surface area contributed by atoms with Crippen molar-refractivity contribution in [3.8, 4) is 0 Å². The molecule has 3 rings (SSSR count). The molecular weight excluding hydrogens is 299 g/mol. The normalized spacial score (nSPS) is 22.2. The van der Waals surface area contributed by atoms with Crippen molar-refractivity contribution in [3.63, 3.8) is 0 Å². The predicted molar refractivity (Wildman–Crippen MR) is 77.1 cm³/mol. The minimum atomic E-state index is -0.262. The molecule has 0 aromatic heterocycles. The molecule has 0 spiro atoms. The Morgan fingerprint density at radius 2 is 2.05 bits per heavy atom. The third kappa shape index (κ3) is 2.76. The fourth-order valence-electron chi connectivity index (χ4n) is 2.50. The molecule has 1 unspecified atom stereocenters. The molecule has 1 aromatic carbocycles. The topological polar surface area (TPSA) is 49.4 Å². The van der Waals surface area contributed by atoms with E-state index in [9.17, 15) is 9.59 Å². The van der Waals surface area contributed by atoms with Crippen molar-refractivity contribution in [1.29, 1.82) is 0 Å². The van der Waals surface area contributed by atoms with Crippen LogP contribution in [0, 0.1) is 0 Å². The van der Waals surface area contributed by atoms with Crippen LogP contribution in [0.15, 0.2) is 18.2 Å². The van der Waals surface area contributed by atoms with Crippen molar-refractivity contribution in [2.24, 2.45) is 0 Å². The molecule has 1 heterocycles. The van der Waals surface area contributed by atoms with Crippen LogP contribution in [0.5, 0.6) is 0 Å². The molecule has 2 amide bonds. The fourth-order valence-corrected chi connectivity index (χ4v) is 3.00. The van der Waals surface area contributed by atoms with E-state index in [0.717, 1.165) is 12.8 Å². The quantitative estimate of drug-likeness (QED) is 0.932. The van der Waals surface area contributed by atoms with Crippen LogP contribution in [0.3, 0.4) is 0 Å². The number of halogens is 2. The van der Waals surface area contributed by atoms with Crippen LogP contribution in [0.4, 0.5) is 0 Å². The number of amides is 2. The molecule has 0 bridgehead atoms. The van der Waals surface area contributed by atoms with Gasteiger partial charge in [0.05, 0.1) is 16.6 Å². The zero-order valence-corrected chi connectivity index (χ0v) is 12.2. The van der Waals surface area contributed by atoms with Crippen LogP contribution >= 0.6 is 23.2 Å². The zero-order chi connectivity index (χ0) is 14.3. The first-order valence-corrected chi connectivity index (χ1v) is 7.35. The highest BCUT2D eigenvalue weighted by molar-refractivity contribution is 6.36. The maximum absolute atomic E-state index is 12.2. The van der Waals surface area contributed by atoms with E-state index >= 15 is 0 Å². The van der Waals surface area contributed by atoms with Gasteiger partial charge in [0.1, 0.15) is 0 Å². The van der Waals surface area contributed by atoms with Crippen molar-refractivity contribution in [2.75, 3.05) is 6.54 Å². The largest absolute Gasteiger partial charge is 0.347 e. The summed E-state index contributed by atoms with van der Waals surface area (Å²) >= 11 is 11.8. The average molecular weight is 313 g/mol. The lowest BCUT2D eigenvalue weighted by molar-refractivity contribution is -0.128. The highest BCUT2D eigenvalue weighted by atomic mass is 35.5. The molecule has 1 atom stereocenters. The molecule has 0 radical (unpaired) electrons. The van der Waals surface area contributed by atoms with Gasteiger partial charge in [-0.15, -0.1) is 0 Å². The first-order chi connectivity index (χ1) is 9.54. The summed E-state index contributed by atoms with van der Waals surface area (Å²) in [4.78, 5) is 25.9. The fraction of sp³-hybridized carbons (Fsp3) is 0.429. The summed E-state index contributed by atoms with van der Waals surface area (Å²) in [7, 11) is 0. The third-order valence-electron chi connectivity index (χ3n) is 3.66. The second kappa shape index (κ2) is 5.26. The number of hydrogen-bond acceptors (Lipinski definition) is 2. The van der Waals surface area contributed by atoms with E-state index in [-0.39, 0.29) is 17.9 Å². The molecule has 1 aromatic rings. The molecule has 1 aliphatic heterocycles. The Morgan fingerprint density at radius 1 is 1.30 bits per heavy atom. The summed E-state index contributed by atoms with van der Waals surface area (Å²) in [5, 5.41) is 3.68. The molecule has 1 saturated carbocycles. The van der Waals surface area contributed by atoms with E-state index in [2.05, 4.69) is 5.32 Å². The first kappa shape index (κ1) is 13.7. The van der Waals surface area contributed by atoms with Gasteiger partial charge in [-0.3, -0.25) is 9.59 Å². The van der Waals surface area contributed by atoms with Gasteiger partial charge in [-0.1, -0.05) is 23.2 Å². The van der Waals surface area contributed by atoms with Crippen molar-refractivity contribution in [3.05, 3.63) is 33.8 Å². The maximum atomic E-state index is 12.2. The van der Waals surface area contributed by atoms with Crippen molar-refractivity contribution >= 4 is 35.0 Å². The molecule has 6 heteroatoms. The average Bonchev–Trinajstić information content (AvgIpc) is 3.14. The van der Waals surface area contributed by atoms with Gasteiger partial charge >= 0.3 is 0 Å². The Balaban J connectivity index is 1.66. The molecule has 1 aliphatic carbocycles. The minimum absolute atomic E-state index is 0.125. The standard InChI is InChI=1S/C14H14Cl2N2O2/c15-8-1-4-11(12(16)5-8)14(20)17-9-6-13(19)18(7-9)10-2-3-10/h1,4-5,9-10H,2-3,6-7H2,(H,17,20). The van der Waals surface area contributed by atoms with Gasteiger partial charge in [0.15, 0.2) is 0 Å². The number of likely N-dealkylation sites (tertiary alicyclic amines) is 1. The smallest absolute Gasteiger partial charge is 0.253 e. The molecule has 106 valence electrons. The number of nitrogens with zero attached hydrogens (tertiary/aromatic N) is 1. The number of carbonyl (C=O) groups is 2. The molecule has 2 aliphatic rings. The number of benzene rings is 1. The SMILES string of the molecule is O=C(NC1CC(=O)N(C2CC2)C1)c1ccc(Cl)cc1Cl. The molecule has 1 saturated heterocycles. The lowest BCUT2D eigenvalue weighted by Crippen LogP contribution is -2.37. The Kier molecular flexibility index (Phi) is 3.61. The van der Waals surface area contributed by atoms with E-state index in [1.165, 1.54) is 6.07 Å². The van der Waals surface area contributed by atoms with Crippen molar-refractivity contribution < 1.29 is 9.59 Å². The van der Waals surface area contributed by atoms with Crippen LogP contribution in [0.1, 0.15) is 29.6 Å². The number of nitrogens with one attached hydrogen (secondary N) is 1. The first-order valence-electron chi connectivity index (χ1n) is 6.60. The summed E-state index contributed by atoms with van der Waals surface area (Å²) in [6, 6.07) is 5.01. The summed E-state index contributed by atoms with van der Waals surface area (Å²) in [6.45, 7) is 0.598. The van der Waals surface area contributed by atoms with E-state index in [1.807, 2.05) is 4.90 Å². The minimum Gasteiger partial charge on any atom is -0.347 e. The zero-order valence-electron chi connectivity index (χ0n) is 10.7. The Morgan fingerprint density at radius 3 is 2.70 bits per heavy atom. The number of carbonyl (C=O) groups excluding carboxylic acids is 2. The summed E-state index contributed by atoms with van der Waals surface area (Å²) in [6.07, 6.45) is 2.53. The van der Waals surface area contributed by atoms with E-state index in [4.69, 9.17) is 23.2 Å². The second-order valence-electron chi connectivity index (χ2n) is 5.28. The van der Waals surface area contributed by atoms with Gasteiger partial charge in [0.2, 0.25) is 5.91 Å². The monoisotopic (exact) mass is 312 g/mol. The highest BCUT2D eigenvalue weighted by Crippen LogP contribution is 2.30. The summed E-state index contributed by atoms with van der Waals surface area (Å²) < 4.78 is 0. The molecule has 2 fully saturated rings. The number of hydrogen-bond donors (Lipinski definition) is 1. The number of rotatable bonds is 3. The Bertz CT molecular complexity index is 572. The highest BCUT2D eigenvalue weighted by Gasteiger charge is 2.39. The summed E-state index contributed by atoms with van der Waals surface area (Å²) in [5.74, 6) is -0.137. The third-order valence-corrected chi connectivity index (χ3v) is 4.20. The van der Waals surface area contributed by atoms with Crippen molar-refractivity contribution in [1.82, 2.24) is 10.2 Å². The lowest BCUT2D eigenvalue weighted by atomic mass is 10.2. The molecular formula is C14H14Cl2N2O2. The van der Waals surface area contributed by atoms with Gasteiger partial charge in [-0.25, -0.2) is 0 Å². The summed E-state index contributed by atoms with van der Waals surface area (Å²) in [5.41, 5.74) is 0.383. The lowest BCUT2D eigenvalue weighted by Gasteiger charge is -2.16. The van der Waals surface area contributed by atoms with Crippen LogP contribution in [-0.4, -0.2) is 35.3 Å². The predicted octanol–water partition coefficient (Wildman–Crippen LogP) is 2.49.